The molecule has 0 fully saturated rings. The highest BCUT2D eigenvalue weighted by Gasteiger charge is 2.25. The number of hydrogen-bond donors (Lipinski definition) is 1. The third kappa shape index (κ3) is 2.29. The van der Waals surface area contributed by atoms with Gasteiger partial charge < -0.3 is 9.84 Å². The van der Waals surface area contributed by atoms with Crippen LogP contribution in [0.1, 0.15) is 18.1 Å². The number of pyridine rings is 1. The standard InChI is InChI=1S/C14H15NO2/c1-14(16,11-6-4-3-5-7-11)12-8-9-13(17-2)15-10-12/h3-10,16H,1-2H3. The number of benzene rings is 1. The lowest BCUT2D eigenvalue weighted by atomic mass is 9.89. The molecule has 17 heavy (non-hydrogen) atoms. The van der Waals surface area contributed by atoms with E-state index in [0.717, 1.165) is 11.1 Å². The fourth-order valence-corrected chi connectivity index (χ4v) is 1.72. The zero-order valence-corrected chi connectivity index (χ0v) is 9.92. The van der Waals surface area contributed by atoms with Crippen LogP contribution in [-0.2, 0) is 5.60 Å². The molecule has 3 nitrogen and oxygen atoms in total. The van der Waals surface area contributed by atoms with Gasteiger partial charge in [-0.3, -0.25) is 0 Å². The fraction of sp³-hybridized carbons (Fsp3) is 0.214. The monoisotopic (exact) mass is 229 g/mol. The van der Waals surface area contributed by atoms with Crippen molar-refractivity contribution < 1.29 is 9.84 Å². The van der Waals surface area contributed by atoms with Crippen LogP contribution in [0.3, 0.4) is 0 Å². The van der Waals surface area contributed by atoms with E-state index in [4.69, 9.17) is 4.74 Å². The SMILES string of the molecule is COc1ccc(C(C)(O)c2ccccc2)cn1. The van der Waals surface area contributed by atoms with Crippen molar-refractivity contribution in [2.75, 3.05) is 7.11 Å². The van der Waals surface area contributed by atoms with Gasteiger partial charge in [0, 0.05) is 17.8 Å². The Kier molecular flexibility index (Phi) is 3.11. The molecule has 1 heterocycles. The van der Waals surface area contributed by atoms with E-state index in [-0.39, 0.29) is 0 Å². The Hall–Kier alpha value is -1.87. The van der Waals surface area contributed by atoms with Crippen molar-refractivity contribution >= 4 is 0 Å². The average molecular weight is 229 g/mol. The first-order chi connectivity index (χ1) is 8.14. The molecule has 1 N–H and O–H groups in total. The van der Waals surface area contributed by atoms with Gasteiger partial charge in [-0.1, -0.05) is 30.3 Å². The Labute approximate surface area is 101 Å². The van der Waals surface area contributed by atoms with Crippen LogP contribution in [-0.4, -0.2) is 17.2 Å². The maximum absolute atomic E-state index is 10.5. The summed E-state index contributed by atoms with van der Waals surface area (Å²) in [6.07, 6.45) is 1.63. The third-order valence-electron chi connectivity index (χ3n) is 2.84. The summed E-state index contributed by atoms with van der Waals surface area (Å²) in [5, 5.41) is 10.5. The number of methoxy groups -OCH3 is 1. The summed E-state index contributed by atoms with van der Waals surface area (Å²) in [5.41, 5.74) is 0.539. The number of ether oxygens (including phenoxy) is 1. The molecular weight excluding hydrogens is 214 g/mol. The zero-order valence-electron chi connectivity index (χ0n) is 9.92. The number of nitrogens with zero attached hydrogens (tertiary/aromatic N) is 1. The minimum Gasteiger partial charge on any atom is -0.481 e. The molecule has 0 spiro atoms. The highest BCUT2D eigenvalue weighted by atomic mass is 16.5. The summed E-state index contributed by atoms with van der Waals surface area (Å²) in [4.78, 5) is 4.11. The largest absolute Gasteiger partial charge is 0.481 e. The zero-order chi connectivity index (χ0) is 12.3. The number of rotatable bonds is 3. The fourth-order valence-electron chi connectivity index (χ4n) is 1.72. The molecule has 1 atom stereocenters. The van der Waals surface area contributed by atoms with E-state index in [1.807, 2.05) is 36.4 Å². The number of hydrogen-bond acceptors (Lipinski definition) is 3. The van der Waals surface area contributed by atoms with Gasteiger partial charge in [-0.15, -0.1) is 0 Å². The second-order valence-electron chi connectivity index (χ2n) is 4.03. The Balaban J connectivity index is 2.37. The summed E-state index contributed by atoms with van der Waals surface area (Å²) < 4.78 is 4.99. The Morgan fingerprint density at radius 3 is 2.29 bits per heavy atom. The van der Waals surface area contributed by atoms with Crippen LogP contribution >= 0.6 is 0 Å². The van der Waals surface area contributed by atoms with Crippen molar-refractivity contribution in [3.05, 3.63) is 59.8 Å². The van der Waals surface area contributed by atoms with Crippen LogP contribution in [0.5, 0.6) is 5.88 Å². The van der Waals surface area contributed by atoms with Crippen LogP contribution in [0.15, 0.2) is 48.7 Å². The summed E-state index contributed by atoms with van der Waals surface area (Å²) in [6, 6.07) is 13.1. The molecule has 0 aliphatic rings. The molecule has 1 unspecified atom stereocenters. The highest BCUT2D eigenvalue weighted by Crippen LogP contribution is 2.28. The summed E-state index contributed by atoms with van der Waals surface area (Å²) in [6.45, 7) is 1.76. The lowest BCUT2D eigenvalue weighted by molar-refractivity contribution is 0.102. The van der Waals surface area contributed by atoms with E-state index in [2.05, 4.69) is 4.98 Å². The molecule has 0 aliphatic heterocycles. The van der Waals surface area contributed by atoms with Gasteiger partial charge in [0.2, 0.25) is 5.88 Å². The smallest absolute Gasteiger partial charge is 0.212 e. The van der Waals surface area contributed by atoms with Gasteiger partial charge >= 0.3 is 0 Å². The van der Waals surface area contributed by atoms with Crippen molar-refractivity contribution in [2.45, 2.75) is 12.5 Å². The lowest BCUT2D eigenvalue weighted by Gasteiger charge is -2.24. The third-order valence-corrected chi connectivity index (χ3v) is 2.84. The van der Waals surface area contributed by atoms with E-state index in [1.165, 1.54) is 0 Å². The Morgan fingerprint density at radius 1 is 1.06 bits per heavy atom. The Bertz CT molecular complexity index is 477. The topological polar surface area (TPSA) is 42.4 Å². The molecular formula is C14H15NO2. The first-order valence-corrected chi connectivity index (χ1v) is 5.43. The van der Waals surface area contributed by atoms with Gasteiger partial charge in [0.05, 0.1) is 7.11 Å². The minimum atomic E-state index is -1.04. The number of aliphatic hydroxyl groups is 1. The van der Waals surface area contributed by atoms with Gasteiger partial charge in [0.25, 0.3) is 0 Å². The predicted molar refractivity (Wildman–Crippen MR) is 65.9 cm³/mol. The van der Waals surface area contributed by atoms with Crippen LogP contribution in [0, 0.1) is 0 Å². The summed E-state index contributed by atoms with van der Waals surface area (Å²) >= 11 is 0. The molecule has 88 valence electrons. The van der Waals surface area contributed by atoms with E-state index in [9.17, 15) is 5.11 Å². The van der Waals surface area contributed by atoms with Crippen molar-refractivity contribution in [1.82, 2.24) is 4.98 Å². The molecule has 0 amide bonds. The predicted octanol–water partition coefficient (Wildman–Crippen LogP) is 2.35. The summed E-state index contributed by atoms with van der Waals surface area (Å²) in [5.74, 6) is 0.539. The molecule has 2 aromatic rings. The van der Waals surface area contributed by atoms with Gasteiger partial charge in [0.15, 0.2) is 0 Å². The molecule has 1 aromatic heterocycles. The average Bonchev–Trinajstić information content (AvgIpc) is 2.40. The minimum absolute atomic E-state index is 0.539. The number of aromatic nitrogens is 1. The molecule has 0 radical (unpaired) electrons. The van der Waals surface area contributed by atoms with Crippen LogP contribution in [0.25, 0.3) is 0 Å². The van der Waals surface area contributed by atoms with Crippen molar-refractivity contribution in [3.8, 4) is 5.88 Å². The molecule has 0 saturated carbocycles. The van der Waals surface area contributed by atoms with E-state index in [0.29, 0.717) is 5.88 Å². The molecule has 3 heteroatoms. The molecule has 0 bridgehead atoms. The van der Waals surface area contributed by atoms with Gasteiger partial charge in [-0.05, 0) is 18.6 Å². The second-order valence-corrected chi connectivity index (χ2v) is 4.03. The van der Waals surface area contributed by atoms with Crippen LogP contribution < -0.4 is 4.74 Å². The maximum Gasteiger partial charge on any atom is 0.212 e. The first-order valence-electron chi connectivity index (χ1n) is 5.43. The van der Waals surface area contributed by atoms with Crippen molar-refractivity contribution in [1.29, 1.82) is 0 Å². The van der Waals surface area contributed by atoms with E-state index >= 15 is 0 Å². The first kappa shape index (κ1) is 11.6. The van der Waals surface area contributed by atoms with Crippen LogP contribution in [0.4, 0.5) is 0 Å². The quantitative estimate of drug-likeness (QED) is 0.878. The van der Waals surface area contributed by atoms with Crippen LogP contribution in [0.2, 0.25) is 0 Å². The Morgan fingerprint density at radius 2 is 1.76 bits per heavy atom. The molecule has 2 rings (SSSR count). The van der Waals surface area contributed by atoms with Crippen molar-refractivity contribution in [3.63, 3.8) is 0 Å². The van der Waals surface area contributed by atoms with Gasteiger partial charge in [-0.25, -0.2) is 4.98 Å². The molecule has 0 saturated heterocycles. The lowest BCUT2D eigenvalue weighted by Crippen LogP contribution is -2.22. The normalized spacial score (nSPS) is 14.1. The highest BCUT2D eigenvalue weighted by molar-refractivity contribution is 5.34. The van der Waals surface area contributed by atoms with Gasteiger partial charge in [-0.2, -0.15) is 0 Å². The summed E-state index contributed by atoms with van der Waals surface area (Å²) in [7, 11) is 1.57. The molecule has 1 aromatic carbocycles. The van der Waals surface area contributed by atoms with E-state index in [1.54, 1.807) is 26.3 Å². The van der Waals surface area contributed by atoms with Crippen molar-refractivity contribution in [2.24, 2.45) is 0 Å². The second kappa shape index (κ2) is 4.55. The van der Waals surface area contributed by atoms with Gasteiger partial charge in [0.1, 0.15) is 5.60 Å². The maximum atomic E-state index is 10.5. The molecule has 0 aliphatic carbocycles. The van der Waals surface area contributed by atoms with E-state index < -0.39 is 5.60 Å².